The van der Waals surface area contributed by atoms with Gasteiger partial charge >= 0.3 is 0 Å². The fourth-order valence-electron chi connectivity index (χ4n) is 1.89. The second kappa shape index (κ2) is 4.63. The number of aliphatic hydroxyl groups is 1. The Labute approximate surface area is 109 Å². The third kappa shape index (κ3) is 2.15. The van der Waals surface area contributed by atoms with Crippen LogP contribution in [0.4, 0.5) is 0 Å². The van der Waals surface area contributed by atoms with Gasteiger partial charge in [0.05, 0.1) is 27.7 Å². The predicted molar refractivity (Wildman–Crippen MR) is 71.4 cm³/mol. The molecule has 0 saturated heterocycles. The van der Waals surface area contributed by atoms with Gasteiger partial charge in [-0.3, -0.25) is 0 Å². The normalized spacial score (nSPS) is 12.8. The first-order valence-corrected chi connectivity index (χ1v) is 6.30. The molecule has 1 aromatic carbocycles. The minimum atomic E-state index is -0.506. The van der Waals surface area contributed by atoms with Gasteiger partial charge in [-0.2, -0.15) is 5.10 Å². The maximum atomic E-state index is 9.78. The summed E-state index contributed by atoms with van der Waals surface area (Å²) in [7, 11) is 0. The van der Waals surface area contributed by atoms with Gasteiger partial charge < -0.3 is 5.11 Å². The predicted octanol–water partition coefficient (Wildman–Crippen LogP) is 3.30. The van der Waals surface area contributed by atoms with Crippen molar-refractivity contribution in [3.05, 3.63) is 45.7 Å². The van der Waals surface area contributed by atoms with E-state index in [0.717, 1.165) is 27.1 Å². The van der Waals surface area contributed by atoms with Crippen LogP contribution in [-0.2, 0) is 0 Å². The molecule has 17 heavy (non-hydrogen) atoms. The minimum Gasteiger partial charge on any atom is -0.389 e. The Morgan fingerprint density at radius 3 is 2.47 bits per heavy atom. The van der Waals surface area contributed by atoms with Gasteiger partial charge in [0.2, 0.25) is 0 Å². The lowest BCUT2D eigenvalue weighted by Crippen LogP contribution is -2.05. The molecule has 0 spiro atoms. The molecule has 90 valence electrons. The van der Waals surface area contributed by atoms with Crippen LogP contribution >= 0.6 is 15.9 Å². The van der Waals surface area contributed by atoms with Gasteiger partial charge in [-0.25, -0.2) is 4.68 Å². The lowest BCUT2D eigenvalue weighted by atomic mass is 10.1. The van der Waals surface area contributed by atoms with Crippen molar-refractivity contribution in [3.8, 4) is 5.69 Å². The number of nitrogens with zero attached hydrogens (tertiary/aromatic N) is 2. The minimum absolute atomic E-state index is 0.506. The Balaban J connectivity index is 2.64. The average Bonchev–Trinajstić information content (AvgIpc) is 2.57. The number of aromatic nitrogens is 2. The number of aryl methyl sites for hydroxylation is 1. The number of rotatable bonds is 2. The van der Waals surface area contributed by atoms with Crippen molar-refractivity contribution in [1.82, 2.24) is 9.78 Å². The van der Waals surface area contributed by atoms with Gasteiger partial charge in [0, 0.05) is 5.56 Å². The molecule has 0 fully saturated rings. The van der Waals surface area contributed by atoms with Crippen LogP contribution in [0.5, 0.6) is 0 Å². The summed E-state index contributed by atoms with van der Waals surface area (Å²) in [6, 6.07) is 7.76. The summed E-state index contributed by atoms with van der Waals surface area (Å²) in [6.07, 6.45) is -0.506. The SMILES string of the molecule is Cc1nn(-c2ccccc2[C@@H](C)O)c(C)c1Br. The maximum Gasteiger partial charge on any atom is 0.0782 e. The lowest BCUT2D eigenvalue weighted by Gasteiger charge is -2.13. The number of aliphatic hydroxyl groups excluding tert-OH is 1. The highest BCUT2D eigenvalue weighted by molar-refractivity contribution is 9.10. The molecule has 0 radical (unpaired) electrons. The van der Waals surface area contributed by atoms with Gasteiger partial charge in [-0.1, -0.05) is 18.2 Å². The van der Waals surface area contributed by atoms with Crippen LogP contribution in [0.1, 0.15) is 30.0 Å². The third-order valence-electron chi connectivity index (χ3n) is 2.82. The van der Waals surface area contributed by atoms with Gasteiger partial charge in [-0.05, 0) is 42.8 Å². The third-order valence-corrected chi connectivity index (χ3v) is 3.97. The molecular weight excluding hydrogens is 280 g/mol. The highest BCUT2D eigenvalue weighted by Gasteiger charge is 2.14. The Kier molecular flexibility index (Phi) is 3.35. The molecule has 3 nitrogen and oxygen atoms in total. The van der Waals surface area contributed by atoms with Crippen LogP contribution in [-0.4, -0.2) is 14.9 Å². The molecule has 0 amide bonds. The van der Waals surface area contributed by atoms with Gasteiger partial charge in [-0.15, -0.1) is 0 Å². The standard InChI is InChI=1S/C13H15BrN2O/c1-8-13(14)9(2)16(15-8)12-7-5-4-6-11(12)10(3)17/h4-7,10,17H,1-3H3/t10-/m1/s1. The molecule has 1 aromatic heterocycles. The van der Waals surface area contributed by atoms with Crippen LogP contribution in [0.25, 0.3) is 5.69 Å². The quantitative estimate of drug-likeness (QED) is 0.923. The molecule has 0 saturated carbocycles. The summed E-state index contributed by atoms with van der Waals surface area (Å²) in [4.78, 5) is 0. The Morgan fingerprint density at radius 1 is 1.29 bits per heavy atom. The molecule has 0 aliphatic heterocycles. The van der Waals surface area contributed by atoms with E-state index in [1.54, 1.807) is 6.92 Å². The van der Waals surface area contributed by atoms with E-state index in [0.29, 0.717) is 0 Å². The van der Waals surface area contributed by atoms with Crippen LogP contribution in [0, 0.1) is 13.8 Å². The first kappa shape index (κ1) is 12.3. The molecule has 0 aliphatic rings. The summed E-state index contributed by atoms with van der Waals surface area (Å²) in [5.74, 6) is 0. The molecule has 0 bridgehead atoms. The van der Waals surface area contributed by atoms with E-state index in [9.17, 15) is 5.11 Å². The molecule has 1 N–H and O–H groups in total. The zero-order valence-corrected chi connectivity index (χ0v) is 11.7. The van der Waals surface area contributed by atoms with Gasteiger partial charge in [0.15, 0.2) is 0 Å². The van der Waals surface area contributed by atoms with Gasteiger partial charge in [0.1, 0.15) is 0 Å². The highest BCUT2D eigenvalue weighted by atomic mass is 79.9. The molecule has 0 unspecified atom stereocenters. The van der Waals surface area contributed by atoms with E-state index >= 15 is 0 Å². The number of halogens is 1. The Morgan fingerprint density at radius 2 is 1.94 bits per heavy atom. The van der Waals surface area contributed by atoms with E-state index in [4.69, 9.17) is 0 Å². The summed E-state index contributed by atoms with van der Waals surface area (Å²) in [5.41, 5.74) is 3.79. The number of hydrogen-bond donors (Lipinski definition) is 1. The summed E-state index contributed by atoms with van der Waals surface area (Å²) < 4.78 is 2.87. The Hall–Kier alpha value is -1.13. The average molecular weight is 295 g/mol. The van der Waals surface area contributed by atoms with Crippen LogP contribution in [0.2, 0.25) is 0 Å². The van der Waals surface area contributed by atoms with E-state index in [2.05, 4.69) is 21.0 Å². The zero-order valence-electron chi connectivity index (χ0n) is 10.1. The number of hydrogen-bond acceptors (Lipinski definition) is 2. The van der Waals surface area contributed by atoms with E-state index in [1.165, 1.54) is 0 Å². The molecule has 0 aliphatic carbocycles. The molecule has 1 atom stereocenters. The first-order chi connectivity index (χ1) is 8.02. The molecule has 2 aromatic rings. The number of benzene rings is 1. The smallest absolute Gasteiger partial charge is 0.0782 e. The molecule has 4 heteroatoms. The zero-order chi connectivity index (χ0) is 12.6. The number of para-hydroxylation sites is 1. The topological polar surface area (TPSA) is 38.0 Å². The Bertz CT molecular complexity index is 546. The van der Waals surface area contributed by atoms with Crippen molar-refractivity contribution in [2.45, 2.75) is 26.9 Å². The summed E-state index contributed by atoms with van der Waals surface area (Å²) >= 11 is 3.51. The van der Waals surface area contributed by atoms with E-state index in [1.807, 2.05) is 42.8 Å². The van der Waals surface area contributed by atoms with Gasteiger partial charge in [0.25, 0.3) is 0 Å². The van der Waals surface area contributed by atoms with Crippen molar-refractivity contribution in [1.29, 1.82) is 0 Å². The van der Waals surface area contributed by atoms with E-state index in [-0.39, 0.29) is 0 Å². The molecule has 1 heterocycles. The molecule has 2 rings (SSSR count). The van der Waals surface area contributed by atoms with E-state index < -0.39 is 6.10 Å². The molecular formula is C13H15BrN2O. The van der Waals surface area contributed by atoms with Crippen LogP contribution < -0.4 is 0 Å². The fraction of sp³-hybridized carbons (Fsp3) is 0.308. The first-order valence-electron chi connectivity index (χ1n) is 5.51. The van der Waals surface area contributed by atoms with Crippen molar-refractivity contribution >= 4 is 15.9 Å². The monoisotopic (exact) mass is 294 g/mol. The second-order valence-corrected chi connectivity index (χ2v) is 4.92. The fourth-order valence-corrected chi connectivity index (χ4v) is 2.14. The largest absolute Gasteiger partial charge is 0.389 e. The van der Waals surface area contributed by atoms with Crippen molar-refractivity contribution in [2.24, 2.45) is 0 Å². The lowest BCUT2D eigenvalue weighted by molar-refractivity contribution is 0.199. The second-order valence-electron chi connectivity index (χ2n) is 4.13. The summed E-state index contributed by atoms with van der Waals surface area (Å²) in [6.45, 7) is 5.72. The van der Waals surface area contributed by atoms with Crippen LogP contribution in [0.3, 0.4) is 0 Å². The maximum absolute atomic E-state index is 9.78. The highest BCUT2D eigenvalue weighted by Crippen LogP contribution is 2.27. The van der Waals surface area contributed by atoms with Crippen molar-refractivity contribution in [2.75, 3.05) is 0 Å². The van der Waals surface area contributed by atoms with Crippen molar-refractivity contribution in [3.63, 3.8) is 0 Å². The van der Waals surface area contributed by atoms with Crippen LogP contribution in [0.15, 0.2) is 28.7 Å². The summed E-state index contributed by atoms with van der Waals surface area (Å²) in [5, 5.41) is 14.3. The van der Waals surface area contributed by atoms with Crippen molar-refractivity contribution < 1.29 is 5.11 Å².